The van der Waals surface area contributed by atoms with E-state index < -0.39 is 11.9 Å². The van der Waals surface area contributed by atoms with E-state index in [1.807, 2.05) is 32.0 Å². The monoisotopic (exact) mass is 630 g/mol. The van der Waals surface area contributed by atoms with Crippen LogP contribution in [-0.4, -0.2) is 39.9 Å². The van der Waals surface area contributed by atoms with Gasteiger partial charge in [-0.2, -0.15) is 0 Å². The van der Waals surface area contributed by atoms with Gasteiger partial charge >= 0.3 is 5.97 Å². The number of carbonyl (C=O) groups excluding carboxylic acids is 4. The zero-order valence-electron chi connectivity index (χ0n) is 20.9. The summed E-state index contributed by atoms with van der Waals surface area (Å²) < 4.78 is 5.64. The number of halogens is 2. The van der Waals surface area contributed by atoms with Gasteiger partial charge in [0.25, 0.3) is 0 Å². The van der Waals surface area contributed by atoms with Crippen molar-refractivity contribution in [3.05, 3.63) is 53.1 Å². The molecule has 3 fully saturated rings. The van der Waals surface area contributed by atoms with Crippen molar-refractivity contribution in [2.24, 2.45) is 17.8 Å². The van der Waals surface area contributed by atoms with Gasteiger partial charge < -0.3 is 9.64 Å². The smallest absolute Gasteiger partial charge is 0.316 e. The predicted molar refractivity (Wildman–Crippen MR) is 147 cm³/mol. The number of carbonyl (C=O) groups is 4. The number of aryl methyl sites for hydroxylation is 3. The molecule has 7 nitrogen and oxygen atoms in total. The molecule has 2 aromatic rings. The molecule has 1 aliphatic carbocycles. The predicted octanol–water partition coefficient (Wildman–Crippen LogP) is 5.00. The third-order valence-electron chi connectivity index (χ3n) is 7.64. The summed E-state index contributed by atoms with van der Waals surface area (Å²) in [5.74, 6) is -1.85. The van der Waals surface area contributed by atoms with Crippen molar-refractivity contribution in [2.75, 3.05) is 16.3 Å². The van der Waals surface area contributed by atoms with Gasteiger partial charge in [-0.25, -0.2) is 4.90 Å². The number of fused-ring (bicyclic) bond motifs is 1. The molecule has 194 valence electrons. The van der Waals surface area contributed by atoms with E-state index in [0.717, 1.165) is 16.8 Å². The maximum absolute atomic E-state index is 13.2. The number of hydrogen-bond acceptors (Lipinski definition) is 5. The molecule has 0 aromatic heterocycles. The van der Waals surface area contributed by atoms with Crippen molar-refractivity contribution >= 4 is 66.9 Å². The van der Waals surface area contributed by atoms with E-state index in [4.69, 9.17) is 4.74 Å². The fourth-order valence-electron chi connectivity index (χ4n) is 5.68. The van der Waals surface area contributed by atoms with Crippen LogP contribution in [0.3, 0.4) is 0 Å². The summed E-state index contributed by atoms with van der Waals surface area (Å²) in [4.78, 5) is 55.2. The Bertz CT molecular complexity index is 1280. The van der Waals surface area contributed by atoms with Gasteiger partial charge in [0.05, 0.1) is 23.4 Å². The second kappa shape index (κ2) is 9.98. The number of rotatable bonds is 4. The van der Waals surface area contributed by atoms with E-state index in [1.54, 1.807) is 30.0 Å². The van der Waals surface area contributed by atoms with Crippen molar-refractivity contribution in [3.8, 4) is 5.75 Å². The van der Waals surface area contributed by atoms with E-state index in [0.29, 0.717) is 29.8 Å². The van der Waals surface area contributed by atoms with Gasteiger partial charge in [-0.3, -0.25) is 19.2 Å². The Hall–Kier alpha value is -2.52. The highest BCUT2D eigenvalue weighted by atomic mass is 79.9. The molecule has 0 unspecified atom stereocenters. The molecule has 0 bridgehead atoms. The summed E-state index contributed by atoms with van der Waals surface area (Å²) in [6.45, 7) is 6.00. The van der Waals surface area contributed by atoms with Gasteiger partial charge in [-0.15, -0.1) is 0 Å². The summed E-state index contributed by atoms with van der Waals surface area (Å²) >= 11 is 7.23. The Balaban J connectivity index is 1.28. The first-order valence-corrected chi connectivity index (χ1v) is 14.2. The zero-order chi connectivity index (χ0) is 26.6. The van der Waals surface area contributed by atoms with Gasteiger partial charge in [0, 0.05) is 28.3 Å². The summed E-state index contributed by atoms with van der Waals surface area (Å²) in [5, 5.41) is 0. The lowest BCUT2D eigenvalue weighted by molar-refractivity contribution is -0.139. The third kappa shape index (κ3) is 4.76. The molecule has 5 atom stereocenters. The molecular weight excluding hydrogens is 604 g/mol. The van der Waals surface area contributed by atoms with Gasteiger partial charge in [-0.1, -0.05) is 49.6 Å². The summed E-state index contributed by atoms with van der Waals surface area (Å²) in [7, 11) is 0. The second-order valence-corrected chi connectivity index (χ2v) is 12.6. The minimum absolute atomic E-state index is 0.0892. The molecule has 2 heterocycles. The Kier molecular flexibility index (Phi) is 7.04. The van der Waals surface area contributed by atoms with Crippen molar-refractivity contribution in [2.45, 2.75) is 49.7 Å². The first kappa shape index (κ1) is 26.1. The van der Waals surface area contributed by atoms with Crippen LogP contribution in [0.1, 0.15) is 36.0 Å². The molecule has 2 saturated heterocycles. The number of hydrogen-bond donors (Lipinski definition) is 0. The van der Waals surface area contributed by atoms with Crippen LogP contribution in [0.5, 0.6) is 5.75 Å². The van der Waals surface area contributed by atoms with Gasteiger partial charge in [0.2, 0.25) is 17.7 Å². The Morgan fingerprint density at radius 1 is 0.865 bits per heavy atom. The Labute approximate surface area is 232 Å². The molecule has 2 aliphatic heterocycles. The van der Waals surface area contributed by atoms with Crippen LogP contribution in [0.4, 0.5) is 11.4 Å². The highest BCUT2D eigenvalue weighted by molar-refractivity contribution is 9.12. The lowest BCUT2D eigenvalue weighted by Crippen LogP contribution is -2.34. The Morgan fingerprint density at radius 3 is 2.05 bits per heavy atom. The fraction of sp³-hybridized carbons (Fsp3) is 0.429. The molecule has 3 amide bonds. The largest absolute Gasteiger partial charge is 0.426 e. The van der Waals surface area contributed by atoms with E-state index in [-0.39, 0.29) is 52.2 Å². The molecule has 37 heavy (non-hydrogen) atoms. The maximum atomic E-state index is 13.2. The first-order chi connectivity index (χ1) is 17.5. The normalized spacial score (nSPS) is 27.6. The first-order valence-electron chi connectivity index (χ1n) is 12.4. The average Bonchev–Trinajstić information content (AvgIpc) is 3.32. The van der Waals surface area contributed by atoms with E-state index in [9.17, 15) is 19.2 Å². The van der Waals surface area contributed by atoms with E-state index in [1.165, 1.54) is 4.90 Å². The number of nitrogens with zero attached hydrogens (tertiary/aromatic N) is 2. The van der Waals surface area contributed by atoms with Crippen LogP contribution in [-0.2, 0) is 19.2 Å². The van der Waals surface area contributed by atoms with Crippen LogP contribution >= 0.6 is 31.9 Å². The summed E-state index contributed by atoms with van der Waals surface area (Å²) in [6, 6.07) is 10.8. The molecule has 0 spiro atoms. The lowest BCUT2D eigenvalue weighted by Gasteiger charge is -2.29. The molecule has 5 rings (SSSR count). The Morgan fingerprint density at radius 2 is 1.46 bits per heavy atom. The van der Waals surface area contributed by atoms with Crippen molar-refractivity contribution in [1.29, 1.82) is 0 Å². The third-order valence-corrected chi connectivity index (χ3v) is 10.4. The maximum Gasteiger partial charge on any atom is 0.316 e. The van der Waals surface area contributed by atoms with Gasteiger partial charge in [0.1, 0.15) is 5.75 Å². The van der Waals surface area contributed by atoms with Gasteiger partial charge in [0.15, 0.2) is 0 Å². The van der Waals surface area contributed by atoms with E-state index in [2.05, 4.69) is 31.9 Å². The SMILES string of the molecule is Cc1ccc(N2C[C@H](C(=O)Oc3ccc(N4C(=O)[C@@H]5C[C@@H](Br)[C@@H](Br)C[C@H]5C4=O)c(C)c3)CC2=O)c(C)c1. The van der Waals surface area contributed by atoms with Crippen molar-refractivity contribution in [3.63, 3.8) is 0 Å². The van der Waals surface area contributed by atoms with E-state index >= 15 is 0 Å². The number of alkyl halides is 2. The summed E-state index contributed by atoms with van der Waals surface area (Å²) in [5.41, 5.74) is 4.08. The zero-order valence-corrected chi connectivity index (χ0v) is 24.0. The topological polar surface area (TPSA) is 84.0 Å². The van der Waals surface area contributed by atoms with Crippen LogP contribution in [0, 0.1) is 38.5 Å². The molecule has 0 radical (unpaired) electrons. The molecule has 0 N–H and O–H groups in total. The molecule has 3 aliphatic rings. The molecular formula is C28H28Br2N2O5. The van der Waals surface area contributed by atoms with Crippen LogP contribution in [0.25, 0.3) is 0 Å². The lowest BCUT2D eigenvalue weighted by atomic mass is 9.81. The number of amides is 3. The number of ether oxygens (including phenoxy) is 1. The highest BCUT2D eigenvalue weighted by Gasteiger charge is 2.52. The van der Waals surface area contributed by atoms with Crippen LogP contribution in [0.15, 0.2) is 36.4 Å². The fourth-order valence-corrected chi connectivity index (χ4v) is 6.92. The molecule has 9 heteroatoms. The second-order valence-electron chi connectivity index (χ2n) is 10.3. The van der Waals surface area contributed by atoms with Crippen molar-refractivity contribution in [1.82, 2.24) is 0 Å². The number of esters is 1. The van der Waals surface area contributed by atoms with Crippen LogP contribution in [0.2, 0.25) is 0 Å². The van der Waals surface area contributed by atoms with Crippen molar-refractivity contribution < 1.29 is 23.9 Å². The number of imide groups is 1. The van der Waals surface area contributed by atoms with Gasteiger partial charge in [-0.05, 0) is 69.0 Å². The average molecular weight is 632 g/mol. The molecule has 1 saturated carbocycles. The van der Waals surface area contributed by atoms with Crippen LogP contribution < -0.4 is 14.5 Å². The highest BCUT2D eigenvalue weighted by Crippen LogP contribution is 2.45. The number of benzene rings is 2. The number of anilines is 2. The summed E-state index contributed by atoms with van der Waals surface area (Å²) in [6.07, 6.45) is 1.30. The minimum Gasteiger partial charge on any atom is -0.426 e. The standard InChI is InChI=1S/C28H28Br2N2O5/c1-14-4-6-23(15(2)8-14)31-13-17(10-25(31)33)28(36)37-18-5-7-24(16(3)9-18)32-26(34)19-11-21(29)22(30)12-20(19)27(32)35/h4-9,17,19-22H,10-13H2,1-3H3/t17-,19-,20-,21-,22+/m1/s1. The quantitative estimate of drug-likeness (QED) is 0.205. The minimum atomic E-state index is -0.576. The molecule has 2 aromatic carbocycles.